The molecule has 0 aliphatic carbocycles. The summed E-state index contributed by atoms with van der Waals surface area (Å²) in [5.74, 6) is -0.178. The first-order valence-corrected chi connectivity index (χ1v) is 6.03. The zero-order chi connectivity index (χ0) is 13.0. The molecule has 18 heavy (non-hydrogen) atoms. The van der Waals surface area contributed by atoms with Gasteiger partial charge in [0.25, 0.3) is 0 Å². The van der Waals surface area contributed by atoms with Crippen LogP contribution in [0.15, 0.2) is 40.4 Å². The van der Waals surface area contributed by atoms with E-state index in [0.717, 1.165) is 18.8 Å². The Balaban J connectivity index is 2.18. The van der Waals surface area contributed by atoms with Gasteiger partial charge in [-0.25, -0.2) is 4.99 Å². The molecule has 0 fully saturated rings. The van der Waals surface area contributed by atoms with Gasteiger partial charge in [0.15, 0.2) is 5.71 Å². The van der Waals surface area contributed by atoms with Crippen molar-refractivity contribution in [2.75, 3.05) is 13.1 Å². The summed E-state index contributed by atoms with van der Waals surface area (Å²) in [5.41, 5.74) is 1.13. The molecule has 0 unspecified atom stereocenters. The van der Waals surface area contributed by atoms with Crippen LogP contribution in [0.3, 0.4) is 0 Å². The van der Waals surface area contributed by atoms with Crippen LogP contribution in [-0.4, -0.2) is 41.0 Å². The molecule has 0 bridgehead atoms. The number of hydrogen-bond acceptors (Lipinski definition) is 4. The van der Waals surface area contributed by atoms with Gasteiger partial charge in [0.1, 0.15) is 0 Å². The van der Waals surface area contributed by atoms with Crippen molar-refractivity contribution in [3.8, 4) is 0 Å². The Bertz CT molecular complexity index is 477. The van der Waals surface area contributed by atoms with Crippen LogP contribution in [0.1, 0.15) is 13.8 Å². The van der Waals surface area contributed by atoms with Crippen molar-refractivity contribution in [1.82, 2.24) is 10.1 Å². The maximum atomic E-state index is 12.1. The van der Waals surface area contributed by atoms with Gasteiger partial charge in [-0.3, -0.25) is 4.79 Å². The van der Waals surface area contributed by atoms with Gasteiger partial charge in [-0.15, -0.1) is 0 Å². The number of para-hydroxylation sites is 1. The highest BCUT2D eigenvalue weighted by Crippen LogP contribution is 2.13. The number of hydrogen-bond donors (Lipinski definition) is 0. The SMILES string of the molecule is CCN(CC)N1N=CC(=Nc2ccccc2)C1=O. The number of carbonyl (C=O) groups excluding carboxylic acids is 1. The molecule has 0 saturated carbocycles. The molecule has 0 spiro atoms. The predicted octanol–water partition coefficient (Wildman–Crippen LogP) is 1.84. The number of hydrazone groups is 1. The van der Waals surface area contributed by atoms with Gasteiger partial charge >= 0.3 is 5.91 Å². The average molecular weight is 244 g/mol. The molecule has 1 amide bonds. The zero-order valence-corrected chi connectivity index (χ0v) is 10.6. The summed E-state index contributed by atoms with van der Waals surface area (Å²) < 4.78 is 0. The first-order valence-electron chi connectivity index (χ1n) is 6.03. The first-order chi connectivity index (χ1) is 8.76. The van der Waals surface area contributed by atoms with Gasteiger partial charge in [-0.1, -0.05) is 32.0 Å². The van der Waals surface area contributed by atoms with Crippen LogP contribution in [-0.2, 0) is 4.79 Å². The van der Waals surface area contributed by atoms with Gasteiger partial charge in [-0.05, 0) is 12.1 Å². The van der Waals surface area contributed by atoms with Crippen molar-refractivity contribution >= 4 is 23.5 Å². The zero-order valence-electron chi connectivity index (χ0n) is 10.6. The third-order valence-corrected chi connectivity index (χ3v) is 2.69. The van der Waals surface area contributed by atoms with E-state index < -0.39 is 0 Å². The predicted molar refractivity (Wildman–Crippen MR) is 71.8 cm³/mol. The fraction of sp³-hybridized carbons (Fsp3) is 0.308. The highest BCUT2D eigenvalue weighted by Gasteiger charge is 2.27. The summed E-state index contributed by atoms with van der Waals surface area (Å²) in [6.45, 7) is 5.44. The second kappa shape index (κ2) is 5.55. The lowest BCUT2D eigenvalue weighted by molar-refractivity contribution is -0.139. The number of hydrazine groups is 1. The Morgan fingerprint density at radius 2 is 1.89 bits per heavy atom. The van der Waals surface area contributed by atoms with Crippen LogP contribution in [0.2, 0.25) is 0 Å². The molecule has 0 atom stereocenters. The third kappa shape index (κ3) is 2.46. The fourth-order valence-electron chi connectivity index (χ4n) is 1.73. The lowest BCUT2D eigenvalue weighted by atomic mass is 10.3. The minimum absolute atomic E-state index is 0.178. The molecule has 0 aromatic heterocycles. The van der Waals surface area contributed by atoms with E-state index in [0.29, 0.717) is 5.71 Å². The Morgan fingerprint density at radius 3 is 2.50 bits per heavy atom. The lowest BCUT2D eigenvalue weighted by Crippen LogP contribution is -2.42. The van der Waals surface area contributed by atoms with Crippen LogP contribution in [0.25, 0.3) is 0 Å². The van der Waals surface area contributed by atoms with E-state index >= 15 is 0 Å². The molecule has 0 saturated heterocycles. The molecule has 1 aromatic carbocycles. The molecule has 5 nitrogen and oxygen atoms in total. The molecule has 0 radical (unpaired) electrons. The van der Waals surface area contributed by atoms with Gasteiger partial charge in [0.2, 0.25) is 0 Å². The quantitative estimate of drug-likeness (QED) is 0.811. The summed E-state index contributed by atoms with van der Waals surface area (Å²) in [6, 6.07) is 9.40. The monoisotopic (exact) mass is 244 g/mol. The summed E-state index contributed by atoms with van der Waals surface area (Å²) in [7, 11) is 0. The van der Waals surface area contributed by atoms with Gasteiger partial charge in [-0.2, -0.15) is 15.2 Å². The van der Waals surface area contributed by atoms with Crippen molar-refractivity contribution in [2.24, 2.45) is 10.1 Å². The van der Waals surface area contributed by atoms with E-state index in [2.05, 4.69) is 10.1 Å². The van der Waals surface area contributed by atoms with E-state index in [-0.39, 0.29) is 5.91 Å². The number of benzene rings is 1. The second-order valence-corrected chi connectivity index (χ2v) is 3.81. The van der Waals surface area contributed by atoms with Crippen molar-refractivity contribution in [2.45, 2.75) is 13.8 Å². The average Bonchev–Trinajstić information content (AvgIpc) is 2.75. The number of rotatable bonds is 4. The lowest BCUT2D eigenvalue weighted by Gasteiger charge is -2.25. The number of aliphatic imine (C=N–C) groups is 1. The molecule has 1 aromatic rings. The molecule has 94 valence electrons. The summed E-state index contributed by atoms with van der Waals surface area (Å²) in [5, 5.41) is 7.32. The van der Waals surface area contributed by atoms with Crippen LogP contribution in [0.4, 0.5) is 5.69 Å². The highest BCUT2D eigenvalue weighted by molar-refractivity contribution is 6.62. The van der Waals surface area contributed by atoms with Crippen molar-refractivity contribution < 1.29 is 4.79 Å². The Kier molecular flexibility index (Phi) is 3.84. The summed E-state index contributed by atoms with van der Waals surface area (Å²) in [6.07, 6.45) is 1.51. The van der Waals surface area contributed by atoms with Crippen molar-refractivity contribution in [1.29, 1.82) is 0 Å². The van der Waals surface area contributed by atoms with Crippen LogP contribution >= 0.6 is 0 Å². The van der Waals surface area contributed by atoms with E-state index in [1.807, 2.05) is 49.2 Å². The molecule has 5 heteroatoms. The highest BCUT2D eigenvalue weighted by atomic mass is 16.2. The Hall–Kier alpha value is -2.01. The first kappa shape index (κ1) is 12.4. The molecule has 1 heterocycles. The van der Waals surface area contributed by atoms with Gasteiger partial charge in [0, 0.05) is 13.1 Å². The van der Waals surface area contributed by atoms with E-state index in [1.165, 1.54) is 11.3 Å². The Labute approximate surface area is 106 Å². The van der Waals surface area contributed by atoms with Crippen molar-refractivity contribution in [3.63, 3.8) is 0 Å². The maximum absolute atomic E-state index is 12.1. The third-order valence-electron chi connectivity index (χ3n) is 2.69. The van der Waals surface area contributed by atoms with E-state index in [4.69, 9.17) is 0 Å². The molecule has 1 aliphatic heterocycles. The molecule has 2 rings (SSSR count). The number of nitrogens with zero attached hydrogens (tertiary/aromatic N) is 4. The van der Waals surface area contributed by atoms with Crippen molar-refractivity contribution in [3.05, 3.63) is 30.3 Å². The maximum Gasteiger partial charge on any atom is 0.309 e. The topological polar surface area (TPSA) is 48.3 Å². The van der Waals surface area contributed by atoms with Crippen LogP contribution < -0.4 is 0 Å². The minimum atomic E-state index is -0.178. The Morgan fingerprint density at radius 1 is 1.22 bits per heavy atom. The molecular formula is C13H16N4O. The van der Waals surface area contributed by atoms with Crippen LogP contribution in [0.5, 0.6) is 0 Å². The summed E-state index contributed by atoms with van der Waals surface area (Å²) >= 11 is 0. The molecule has 1 aliphatic rings. The fourth-order valence-corrected chi connectivity index (χ4v) is 1.73. The molecular weight excluding hydrogens is 228 g/mol. The van der Waals surface area contributed by atoms with Crippen LogP contribution in [0, 0.1) is 0 Å². The normalized spacial score (nSPS) is 17.2. The summed E-state index contributed by atoms with van der Waals surface area (Å²) in [4.78, 5) is 16.4. The van der Waals surface area contributed by atoms with Gasteiger partial charge in [0.05, 0.1) is 11.9 Å². The smallest absolute Gasteiger partial charge is 0.264 e. The molecule has 0 N–H and O–H groups in total. The second-order valence-electron chi connectivity index (χ2n) is 3.81. The standard InChI is InChI=1S/C13H16N4O/c1-3-16(4-2)17-13(18)12(10-14-17)15-11-8-6-5-7-9-11/h5-10H,3-4H2,1-2H3. The minimum Gasteiger partial charge on any atom is -0.264 e. The number of amides is 1. The number of carbonyl (C=O) groups is 1. The largest absolute Gasteiger partial charge is 0.309 e. The van der Waals surface area contributed by atoms with Gasteiger partial charge < -0.3 is 0 Å². The van der Waals surface area contributed by atoms with E-state index in [1.54, 1.807) is 0 Å². The van der Waals surface area contributed by atoms with E-state index in [9.17, 15) is 4.79 Å².